The maximum atomic E-state index is 13.0. The van der Waals surface area contributed by atoms with Gasteiger partial charge in [0.25, 0.3) is 11.7 Å². The predicted molar refractivity (Wildman–Crippen MR) is 118 cm³/mol. The summed E-state index contributed by atoms with van der Waals surface area (Å²) in [5, 5.41) is 11.5. The third-order valence-corrected chi connectivity index (χ3v) is 5.81. The van der Waals surface area contributed by atoms with E-state index in [4.69, 9.17) is 27.9 Å². The highest BCUT2D eigenvalue weighted by Gasteiger charge is 2.46. The molecule has 1 atom stereocenters. The fraction of sp³-hybridized carbons (Fsp3) is 0.304. The van der Waals surface area contributed by atoms with Gasteiger partial charge in [0.1, 0.15) is 5.76 Å². The van der Waals surface area contributed by atoms with Gasteiger partial charge in [-0.2, -0.15) is 0 Å². The van der Waals surface area contributed by atoms with E-state index < -0.39 is 17.7 Å². The maximum Gasteiger partial charge on any atom is 0.295 e. The van der Waals surface area contributed by atoms with Gasteiger partial charge in [-0.1, -0.05) is 60.8 Å². The van der Waals surface area contributed by atoms with Crippen molar-refractivity contribution >= 4 is 40.7 Å². The molecular formula is C23H23Cl2NO4. The van der Waals surface area contributed by atoms with Crippen LogP contribution in [0.15, 0.2) is 42.0 Å². The molecule has 2 aromatic rings. The second-order valence-corrected chi connectivity index (χ2v) is 7.99. The number of ketones is 1. The Labute approximate surface area is 185 Å². The Bertz CT molecular complexity index is 1010. The molecule has 5 nitrogen and oxygen atoms in total. The zero-order valence-corrected chi connectivity index (χ0v) is 18.5. The standard InChI is InChI=1S/C23H23Cl2NO4/c1-4-5-10-26-19(15-9-7-6-8-13(15)2)18(21(28)23(26)29)20(27)14-11-16(24)22(30-3)17(25)12-14/h6-9,11-12,19,27H,4-5,10H2,1-3H3/b20-18+. The third kappa shape index (κ3) is 3.92. The molecule has 1 N–H and O–H groups in total. The first-order chi connectivity index (χ1) is 14.3. The lowest BCUT2D eigenvalue weighted by atomic mass is 9.92. The molecule has 7 heteroatoms. The highest BCUT2D eigenvalue weighted by Crippen LogP contribution is 2.42. The van der Waals surface area contributed by atoms with Gasteiger partial charge in [0, 0.05) is 12.1 Å². The van der Waals surface area contributed by atoms with Gasteiger partial charge in [0.2, 0.25) is 0 Å². The summed E-state index contributed by atoms with van der Waals surface area (Å²) >= 11 is 12.4. The lowest BCUT2D eigenvalue weighted by Crippen LogP contribution is -2.30. The summed E-state index contributed by atoms with van der Waals surface area (Å²) in [6.07, 6.45) is 1.61. The minimum Gasteiger partial charge on any atom is -0.507 e. The van der Waals surface area contributed by atoms with Crippen LogP contribution in [-0.2, 0) is 9.59 Å². The Kier molecular flexibility index (Phi) is 6.74. The van der Waals surface area contributed by atoms with E-state index in [-0.39, 0.29) is 32.7 Å². The zero-order valence-electron chi connectivity index (χ0n) is 17.0. The van der Waals surface area contributed by atoms with Crippen LogP contribution >= 0.6 is 23.2 Å². The van der Waals surface area contributed by atoms with E-state index in [1.165, 1.54) is 24.1 Å². The second-order valence-electron chi connectivity index (χ2n) is 7.18. The summed E-state index contributed by atoms with van der Waals surface area (Å²) in [5.41, 5.74) is 1.99. The van der Waals surface area contributed by atoms with Crippen molar-refractivity contribution in [1.82, 2.24) is 4.90 Å². The summed E-state index contributed by atoms with van der Waals surface area (Å²) < 4.78 is 5.15. The van der Waals surface area contributed by atoms with Crippen LogP contribution in [0.1, 0.15) is 42.5 Å². The number of rotatable bonds is 6. The number of aliphatic hydroxyl groups excluding tert-OH is 1. The van der Waals surface area contributed by atoms with Crippen LogP contribution in [0.4, 0.5) is 0 Å². The molecule has 1 amide bonds. The molecule has 0 bridgehead atoms. The summed E-state index contributed by atoms with van der Waals surface area (Å²) in [7, 11) is 1.43. The molecule has 1 aliphatic heterocycles. The average molecular weight is 448 g/mol. The van der Waals surface area contributed by atoms with Crippen LogP contribution in [0.5, 0.6) is 5.75 Å². The highest BCUT2D eigenvalue weighted by atomic mass is 35.5. The number of unbranched alkanes of at least 4 members (excludes halogenated alkanes) is 1. The summed E-state index contributed by atoms with van der Waals surface area (Å²) in [6, 6.07) is 9.77. The number of amides is 1. The first-order valence-electron chi connectivity index (χ1n) is 9.69. The van der Waals surface area contributed by atoms with Crippen molar-refractivity contribution in [2.45, 2.75) is 32.7 Å². The summed E-state index contributed by atoms with van der Waals surface area (Å²) in [4.78, 5) is 27.4. The highest BCUT2D eigenvalue weighted by molar-refractivity contribution is 6.46. The molecule has 3 rings (SSSR count). The lowest BCUT2D eigenvalue weighted by Gasteiger charge is -2.26. The number of Topliss-reactive ketones (excluding diaryl/α,β-unsaturated/α-hetero) is 1. The number of nitrogens with zero attached hydrogens (tertiary/aromatic N) is 1. The normalized spacial score (nSPS) is 18.2. The Balaban J connectivity index is 2.22. The van der Waals surface area contributed by atoms with E-state index in [1.54, 1.807) is 0 Å². The van der Waals surface area contributed by atoms with Gasteiger partial charge in [-0.25, -0.2) is 0 Å². The van der Waals surface area contributed by atoms with E-state index in [9.17, 15) is 14.7 Å². The van der Waals surface area contributed by atoms with Crippen molar-refractivity contribution in [2.75, 3.05) is 13.7 Å². The number of carbonyl (C=O) groups excluding carboxylic acids is 2. The summed E-state index contributed by atoms with van der Waals surface area (Å²) in [6.45, 7) is 4.35. The molecule has 0 spiro atoms. The first kappa shape index (κ1) is 22.2. The quantitative estimate of drug-likeness (QED) is 0.358. The van der Waals surface area contributed by atoms with E-state index in [0.717, 1.165) is 24.0 Å². The predicted octanol–water partition coefficient (Wildman–Crippen LogP) is 5.53. The topological polar surface area (TPSA) is 66.8 Å². The molecule has 158 valence electrons. The number of carbonyl (C=O) groups is 2. The van der Waals surface area contributed by atoms with Crippen LogP contribution in [0.25, 0.3) is 5.76 Å². The molecule has 0 saturated carbocycles. The van der Waals surface area contributed by atoms with Crippen LogP contribution in [0, 0.1) is 6.92 Å². The van der Waals surface area contributed by atoms with Crippen LogP contribution in [0.2, 0.25) is 10.0 Å². The minimum absolute atomic E-state index is 0.0303. The third-order valence-electron chi connectivity index (χ3n) is 5.25. The fourth-order valence-corrected chi connectivity index (χ4v) is 4.34. The van der Waals surface area contributed by atoms with Crippen LogP contribution in [0.3, 0.4) is 0 Å². The average Bonchev–Trinajstić information content (AvgIpc) is 2.96. The number of halogens is 2. The number of ether oxygens (including phenoxy) is 1. The van der Waals surface area contributed by atoms with Crippen molar-refractivity contribution in [3.05, 3.63) is 68.7 Å². The van der Waals surface area contributed by atoms with Crippen LogP contribution < -0.4 is 4.74 Å². The van der Waals surface area contributed by atoms with Crippen molar-refractivity contribution in [3.8, 4) is 5.75 Å². The van der Waals surface area contributed by atoms with Gasteiger partial charge in [-0.05, 0) is 36.6 Å². The fourth-order valence-electron chi connectivity index (χ4n) is 3.70. The molecule has 0 radical (unpaired) electrons. The van der Waals surface area contributed by atoms with E-state index in [0.29, 0.717) is 6.54 Å². The minimum atomic E-state index is -0.722. The molecular weight excluding hydrogens is 425 g/mol. The zero-order chi connectivity index (χ0) is 22.0. The largest absolute Gasteiger partial charge is 0.507 e. The van der Waals surface area contributed by atoms with Crippen molar-refractivity contribution in [1.29, 1.82) is 0 Å². The van der Waals surface area contributed by atoms with Gasteiger partial charge in [-0.15, -0.1) is 0 Å². The van der Waals surface area contributed by atoms with E-state index in [1.807, 2.05) is 38.1 Å². The number of methoxy groups -OCH3 is 1. The van der Waals surface area contributed by atoms with E-state index >= 15 is 0 Å². The van der Waals surface area contributed by atoms with Crippen molar-refractivity contribution in [3.63, 3.8) is 0 Å². The SMILES string of the molecule is CCCCN1C(=O)C(=O)/C(=C(/O)c2cc(Cl)c(OC)c(Cl)c2)C1c1ccccc1C. The molecule has 1 unspecified atom stereocenters. The lowest BCUT2D eigenvalue weighted by molar-refractivity contribution is -0.139. The van der Waals surface area contributed by atoms with Gasteiger partial charge < -0.3 is 14.7 Å². The van der Waals surface area contributed by atoms with Gasteiger partial charge in [-0.3, -0.25) is 9.59 Å². The number of hydrogen-bond acceptors (Lipinski definition) is 4. The van der Waals surface area contributed by atoms with Crippen LogP contribution in [-0.4, -0.2) is 35.4 Å². The number of likely N-dealkylation sites (tertiary alicyclic amines) is 1. The molecule has 0 aromatic heterocycles. The van der Waals surface area contributed by atoms with Gasteiger partial charge in [0.15, 0.2) is 5.75 Å². The number of hydrogen-bond donors (Lipinski definition) is 1. The monoisotopic (exact) mass is 447 g/mol. The smallest absolute Gasteiger partial charge is 0.295 e. The molecule has 1 heterocycles. The number of benzene rings is 2. The summed E-state index contributed by atoms with van der Waals surface area (Å²) in [5.74, 6) is -1.38. The van der Waals surface area contributed by atoms with E-state index in [2.05, 4.69) is 0 Å². The molecule has 30 heavy (non-hydrogen) atoms. The van der Waals surface area contributed by atoms with Gasteiger partial charge >= 0.3 is 0 Å². The Morgan fingerprint density at radius 2 is 1.80 bits per heavy atom. The van der Waals surface area contributed by atoms with Crippen molar-refractivity contribution in [2.24, 2.45) is 0 Å². The molecule has 1 aliphatic rings. The Morgan fingerprint density at radius 3 is 2.37 bits per heavy atom. The molecule has 1 saturated heterocycles. The molecule has 2 aromatic carbocycles. The Morgan fingerprint density at radius 1 is 1.17 bits per heavy atom. The molecule has 0 aliphatic carbocycles. The number of aliphatic hydroxyl groups is 1. The van der Waals surface area contributed by atoms with Gasteiger partial charge in [0.05, 0.1) is 28.8 Å². The number of aryl methyl sites for hydroxylation is 1. The Hall–Kier alpha value is -2.50. The van der Waals surface area contributed by atoms with Crippen molar-refractivity contribution < 1.29 is 19.4 Å². The second kappa shape index (κ2) is 9.11. The molecule has 1 fully saturated rings. The first-order valence-corrected chi connectivity index (χ1v) is 10.4. The maximum absolute atomic E-state index is 13.0.